The average Bonchev–Trinajstić information content (AvgIpc) is 3.32. The summed E-state index contributed by atoms with van der Waals surface area (Å²) in [5.41, 5.74) is 0.719. The van der Waals surface area contributed by atoms with E-state index in [0.717, 1.165) is 11.1 Å². The lowest BCUT2D eigenvalue weighted by Gasteiger charge is -2.48. The van der Waals surface area contributed by atoms with Crippen molar-refractivity contribution in [2.75, 3.05) is 14.1 Å². The molecule has 1 aromatic carbocycles. The van der Waals surface area contributed by atoms with Gasteiger partial charge in [0.2, 0.25) is 5.78 Å². The molecule has 36 heavy (non-hydrogen) atoms. The van der Waals surface area contributed by atoms with Gasteiger partial charge in [-0.15, -0.1) is 0 Å². The number of furan rings is 1. The largest absolute Gasteiger partial charge is 0.507 e. The second-order valence-corrected chi connectivity index (χ2v) is 10.6. The van der Waals surface area contributed by atoms with E-state index >= 15 is 0 Å². The number of rotatable bonds is 4. The quantitative estimate of drug-likeness (QED) is 0.494. The molecule has 2 N–H and O–H groups in total. The Morgan fingerprint density at radius 1 is 1.22 bits per heavy atom. The molecule has 8 nitrogen and oxygen atoms in total. The van der Waals surface area contributed by atoms with Crippen molar-refractivity contribution in [1.82, 2.24) is 4.90 Å². The van der Waals surface area contributed by atoms with Crippen LogP contribution in [-0.4, -0.2) is 57.9 Å². The van der Waals surface area contributed by atoms with Gasteiger partial charge < -0.3 is 19.5 Å². The molecule has 1 saturated carbocycles. The summed E-state index contributed by atoms with van der Waals surface area (Å²) in [4.78, 5) is 55.0. The van der Waals surface area contributed by atoms with Crippen LogP contribution in [0.15, 0.2) is 40.2 Å². The predicted octanol–water partition coefficient (Wildman–Crippen LogP) is 2.88. The Balaban J connectivity index is 1.66. The van der Waals surface area contributed by atoms with Crippen molar-refractivity contribution in [1.29, 1.82) is 0 Å². The van der Waals surface area contributed by atoms with Gasteiger partial charge in [0.05, 0.1) is 29.6 Å². The minimum absolute atomic E-state index is 0.0592. The summed E-state index contributed by atoms with van der Waals surface area (Å²) in [6.45, 7) is 3.27. The van der Waals surface area contributed by atoms with Crippen LogP contribution in [0.2, 0.25) is 0 Å². The Kier molecular flexibility index (Phi) is 5.65. The summed E-state index contributed by atoms with van der Waals surface area (Å²) in [5, 5.41) is 22.7. The summed E-state index contributed by atoms with van der Waals surface area (Å²) in [7, 11) is 3.68. The Bertz CT molecular complexity index is 1350. The van der Waals surface area contributed by atoms with E-state index in [1.807, 2.05) is 25.1 Å². The van der Waals surface area contributed by atoms with Gasteiger partial charge in [-0.2, -0.15) is 0 Å². The molecule has 1 aromatic heterocycles. The number of hydrogen-bond donors (Lipinski definition) is 2. The fourth-order valence-corrected chi connectivity index (χ4v) is 6.50. The summed E-state index contributed by atoms with van der Waals surface area (Å²) < 4.78 is 5.28. The number of aliphatic hydroxyl groups is 1. The van der Waals surface area contributed by atoms with Crippen molar-refractivity contribution < 1.29 is 33.8 Å². The number of phenols is 1. The lowest BCUT2D eigenvalue weighted by atomic mass is 9.54. The van der Waals surface area contributed by atoms with Crippen LogP contribution in [-0.2, 0) is 27.3 Å². The molecule has 0 aliphatic heterocycles. The molecule has 1 unspecified atom stereocenters. The highest BCUT2D eigenvalue weighted by atomic mass is 16.3. The summed E-state index contributed by atoms with van der Waals surface area (Å²) in [6, 6.07) is 3.63. The molecule has 0 spiro atoms. The number of Topliss-reactive ketones (excluding diaryl/α,β-unsaturated/α-hetero) is 4. The first kappa shape index (κ1) is 24.3. The van der Waals surface area contributed by atoms with E-state index in [-0.39, 0.29) is 29.7 Å². The first-order valence-corrected chi connectivity index (χ1v) is 12.1. The molecule has 188 valence electrons. The van der Waals surface area contributed by atoms with Gasteiger partial charge in [0.25, 0.3) is 0 Å². The molecule has 0 amide bonds. The molecule has 3 aliphatic rings. The lowest BCUT2D eigenvalue weighted by Crippen LogP contribution is -2.64. The van der Waals surface area contributed by atoms with Gasteiger partial charge in [-0.1, -0.05) is 5.57 Å². The third-order valence-electron chi connectivity index (χ3n) is 8.01. The summed E-state index contributed by atoms with van der Waals surface area (Å²) in [6.07, 6.45) is 3.95. The zero-order valence-corrected chi connectivity index (χ0v) is 20.8. The number of carbonyl (C=O) groups excluding carboxylic acids is 4. The summed E-state index contributed by atoms with van der Waals surface area (Å²) >= 11 is 0. The molecule has 1 heterocycles. The van der Waals surface area contributed by atoms with E-state index in [1.165, 1.54) is 13.2 Å². The highest BCUT2D eigenvalue weighted by Gasteiger charge is 2.63. The van der Waals surface area contributed by atoms with Crippen LogP contribution in [0.5, 0.6) is 5.75 Å². The molecule has 8 heteroatoms. The van der Waals surface area contributed by atoms with Gasteiger partial charge >= 0.3 is 0 Å². The smallest absolute Gasteiger partial charge is 0.205 e. The van der Waals surface area contributed by atoms with E-state index in [4.69, 9.17) is 4.42 Å². The van der Waals surface area contributed by atoms with Crippen LogP contribution >= 0.6 is 0 Å². The average molecular weight is 492 g/mol. The van der Waals surface area contributed by atoms with E-state index in [9.17, 15) is 29.4 Å². The van der Waals surface area contributed by atoms with E-state index in [0.29, 0.717) is 29.7 Å². The maximum absolute atomic E-state index is 13.9. The number of fused-ring (bicyclic) bond motifs is 3. The number of nitrogens with zero attached hydrogens (tertiary/aromatic N) is 1. The van der Waals surface area contributed by atoms with Crippen LogP contribution < -0.4 is 0 Å². The van der Waals surface area contributed by atoms with Crippen LogP contribution in [0, 0.1) is 17.8 Å². The van der Waals surface area contributed by atoms with Crippen LogP contribution in [0.4, 0.5) is 0 Å². The molecular formula is C28H29NO7. The number of carbonyl (C=O) groups is 4. The minimum atomic E-state index is -2.42. The SMILES string of the molecule is CC(=O)C1=C(C)C[C@@H]2C[C@@H]3Cc4c(-c5ccoc5)cc(CN(C)C)c(O)c4C(=O)C3C(=O)[C@]2(O)C1=O. The van der Waals surface area contributed by atoms with E-state index in [2.05, 4.69) is 0 Å². The maximum atomic E-state index is 13.9. The van der Waals surface area contributed by atoms with Crippen LogP contribution in [0.3, 0.4) is 0 Å². The maximum Gasteiger partial charge on any atom is 0.205 e. The van der Waals surface area contributed by atoms with Crippen molar-refractivity contribution in [3.8, 4) is 16.9 Å². The van der Waals surface area contributed by atoms with Gasteiger partial charge in [0.15, 0.2) is 23.0 Å². The second-order valence-electron chi connectivity index (χ2n) is 10.6. The number of allylic oxidation sites excluding steroid dienone is 1. The molecule has 0 saturated heterocycles. The normalized spacial score (nSPS) is 27.7. The van der Waals surface area contributed by atoms with Crippen molar-refractivity contribution >= 4 is 23.1 Å². The van der Waals surface area contributed by atoms with Gasteiger partial charge in [-0.3, -0.25) is 19.2 Å². The Morgan fingerprint density at radius 3 is 2.56 bits per heavy atom. The zero-order chi connectivity index (χ0) is 26.1. The van der Waals surface area contributed by atoms with E-state index in [1.54, 1.807) is 19.3 Å². The van der Waals surface area contributed by atoms with E-state index < -0.39 is 46.5 Å². The molecule has 4 atom stereocenters. The predicted molar refractivity (Wildman–Crippen MR) is 129 cm³/mol. The first-order chi connectivity index (χ1) is 17.0. The third kappa shape index (κ3) is 3.35. The monoisotopic (exact) mass is 491 g/mol. The molecule has 1 fully saturated rings. The van der Waals surface area contributed by atoms with Crippen LogP contribution in [0.1, 0.15) is 48.2 Å². The number of benzene rings is 1. The highest BCUT2D eigenvalue weighted by Crippen LogP contribution is 2.52. The number of phenolic OH excluding ortho intramolecular Hbond substituents is 1. The Hall–Kier alpha value is -3.36. The second kappa shape index (κ2) is 8.35. The molecular weight excluding hydrogens is 462 g/mol. The summed E-state index contributed by atoms with van der Waals surface area (Å²) in [5.74, 6) is -5.48. The highest BCUT2D eigenvalue weighted by molar-refractivity contribution is 6.32. The fourth-order valence-electron chi connectivity index (χ4n) is 6.50. The molecule has 2 aromatic rings. The number of ketones is 4. The van der Waals surface area contributed by atoms with Crippen molar-refractivity contribution in [2.45, 2.75) is 45.3 Å². The number of hydrogen-bond acceptors (Lipinski definition) is 8. The Labute approximate surface area is 208 Å². The zero-order valence-electron chi connectivity index (χ0n) is 20.8. The van der Waals surface area contributed by atoms with Crippen LogP contribution in [0.25, 0.3) is 11.1 Å². The molecule has 5 rings (SSSR count). The molecule has 3 aliphatic carbocycles. The van der Waals surface area contributed by atoms with Gasteiger partial charge in [0.1, 0.15) is 5.75 Å². The molecule has 0 radical (unpaired) electrons. The van der Waals surface area contributed by atoms with Crippen molar-refractivity contribution in [3.05, 3.63) is 52.5 Å². The van der Waals surface area contributed by atoms with Gasteiger partial charge in [-0.05, 0) is 76.4 Å². The fraction of sp³-hybridized carbons (Fsp3) is 0.429. The third-order valence-corrected chi connectivity index (χ3v) is 8.01. The first-order valence-electron chi connectivity index (χ1n) is 12.1. The van der Waals surface area contributed by atoms with Gasteiger partial charge in [-0.25, -0.2) is 0 Å². The standard InChI is InChI=1S/C28H29NO7/c1-13-7-18-8-16-9-20-19(15-5-6-36-12-15)10-17(11-29(3)4)24(31)23(20)25(32)22(16)27(34)28(18,35)26(33)21(13)14(2)30/h5-6,10,12,16,18,22,31,35H,7-9,11H2,1-4H3/t16-,18-,22?,28-/m1/s1. The minimum Gasteiger partial charge on any atom is -0.507 e. The lowest BCUT2D eigenvalue weighted by molar-refractivity contribution is -0.165. The molecule has 0 bridgehead atoms. The number of aromatic hydroxyl groups is 1. The topological polar surface area (TPSA) is 125 Å². The van der Waals surface area contributed by atoms with Crippen molar-refractivity contribution in [3.63, 3.8) is 0 Å². The van der Waals surface area contributed by atoms with Crippen molar-refractivity contribution in [2.24, 2.45) is 17.8 Å². The Morgan fingerprint density at radius 2 is 1.94 bits per heavy atom. The van der Waals surface area contributed by atoms with Gasteiger partial charge in [0, 0.05) is 23.6 Å².